The lowest BCUT2D eigenvalue weighted by Crippen LogP contribution is -2.26. The van der Waals surface area contributed by atoms with Crippen molar-refractivity contribution in [3.05, 3.63) is 51.9 Å². The zero-order valence-corrected chi connectivity index (χ0v) is 11.2. The van der Waals surface area contributed by atoms with Crippen molar-refractivity contribution in [1.82, 2.24) is 9.78 Å². The van der Waals surface area contributed by atoms with Gasteiger partial charge in [0.05, 0.1) is 17.6 Å². The number of anilines is 1. The first-order chi connectivity index (χ1) is 9.27. The predicted molar refractivity (Wildman–Crippen MR) is 76.3 cm³/mol. The molecule has 0 unspecified atom stereocenters. The Labute approximate surface area is 116 Å². The molecule has 4 nitrogen and oxygen atoms in total. The van der Waals surface area contributed by atoms with Gasteiger partial charge in [0, 0.05) is 13.1 Å². The Hall–Kier alpha value is -1.81. The molecule has 0 spiro atoms. The monoisotopic (exact) mass is 275 g/mol. The van der Waals surface area contributed by atoms with Crippen LogP contribution in [0.4, 0.5) is 5.69 Å². The lowest BCUT2D eigenvalue weighted by molar-refractivity contribution is 0.798. The number of para-hydroxylation sites is 1. The molecule has 3 rings (SSSR count). The maximum absolute atomic E-state index is 12.3. The van der Waals surface area contributed by atoms with E-state index in [-0.39, 0.29) is 10.6 Å². The van der Waals surface area contributed by atoms with Gasteiger partial charge in [0.2, 0.25) is 0 Å². The van der Waals surface area contributed by atoms with Gasteiger partial charge in [-0.05, 0) is 25.0 Å². The second-order valence-electron chi connectivity index (χ2n) is 4.59. The Balaban J connectivity index is 2.06. The third-order valence-electron chi connectivity index (χ3n) is 3.35. The molecule has 1 aromatic heterocycles. The van der Waals surface area contributed by atoms with Crippen LogP contribution in [-0.4, -0.2) is 22.9 Å². The van der Waals surface area contributed by atoms with E-state index in [1.54, 1.807) is 6.20 Å². The summed E-state index contributed by atoms with van der Waals surface area (Å²) >= 11 is 6.21. The predicted octanol–water partition coefficient (Wildman–Crippen LogP) is 2.49. The maximum atomic E-state index is 12.3. The normalized spacial score (nSPS) is 14.9. The van der Waals surface area contributed by atoms with Crippen LogP contribution in [0.3, 0.4) is 0 Å². The van der Waals surface area contributed by atoms with Gasteiger partial charge in [0.25, 0.3) is 5.56 Å². The second-order valence-corrected chi connectivity index (χ2v) is 4.97. The lowest BCUT2D eigenvalue weighted by Gasteiger charge is -2.18. The van der Waals surface area contributed by atoms with E-state index in [4.69, 9.17) is 11.6 Å². The van der Waals surface area contributed by atoms with E-state index in [1.165, 1.54) is 4.68 Å². The fourth-order valence-corrected chi connectivity index (χ4v) is 2.60. The quantitative estimate of drug-likeness (QED) is 0.845. The van der Waals surface area contributed by atoms with Crippen LogP contribution in [0.1, 0.15) is 12.8 Å². The first-order valence-electron chi connectivity index (χ1n) is 6.35. The van der Waals surface area contributed by atoms with Gasteiger partial charge in [-0.25, -0.2) is 0 Å². The van der Waals surface area contributed by atoms with Crippen molar-refractivity contribution in [1.29, 1.82) is 0 Å². The topological polar surface area (TPSA) is 38.1 Å². The highest BCUT2D eigenvalue weighted by Gasteiger charge is 2.18. The summed E-state index contributed by atoms with van der Waals surface area (Å²) in [6, 6.07) is 9.30. The van der Waals surface area contributed by atoms with E-state index in [9.17, 15) is 4.79 Å². The van der Waals surface area contributed by atoms with Gasteiger partial charge in [-0.1, -0.05) is 29.8 Å². The number of nitrogens with zero attached hydrogens (tertiary/aromatic N) is 3. The van der Waals surface area contributed by atoms with E-state index in [0.717, 1.165) is 37.3 Å². The van der Waals surface area contributed by atoms with E-state index >= 15 is 0 Å². The van der Waals surface area contributed by atoms with Gasteiger partial charge in [-0.15, -0.1) is 0 Å². The summed E-state index contributed by atoms with van der Waals surface area (Å²) in [4.78, 5) is 14.4. The van der Waals surface area contributed by atoms with E-state index in [2.05, 4.69) is 10.00 Å². The van der Waals surface area contributed by atoms with Crippen molar-refractivity contribution < 1.29 is 0 Å². The molecule has 0 N–H and O–H groups in total. The highest BCUT2D eigenvalue weighted by atomic mass is 35.5. The summed E-state index contributed by atoms with van der Waals surface area (Å²) in [7, 11) is 0. The Bertz CT molecular complexity index is 633. The van der Waals surface area contributed by atoms with Crippen molar-refractivity contribution in [2.45, 2.75) is 12.8 Å². The average Bonchev–Trinajstić information content (AvgIpc) is 2.97. The SMILES string of the molecule is O=c1c(Cl)c(N2CCCC2)cnn1-c1ccccc1. The standard InChI is InChI=1S/C14H14ClN3O/c15-13-12(17-8-4-5-9-17)10-16-18(14(13)19)11-6-2-1-3-7-11/h1-3,6-7,10H,4-5,8-9H2. The maximum Gasteiger partial charge on any atom is 0.292 e. The molecule has 0 amide bonds. The molecule has 1 saturated heterocycles. The fourth-order valence-electron chi connectivity index (χ4n) is 2.36. The second kappa shape index (κ2) is 5.05. The highest BCUT2D eigenvalue weighted by Crippen LogP contribution is 2.25. The Morgan fingerprint density at radius 2 is 1.79 bits per heavy atom. The summed E-state index contributed by atoms with van der Waals surface area (Å²) in [6.07, 6.45) is 3.96. The first-order valence-corrected chi connectivity index (χ1v) is 6.73. The van der Waals surface area contributed by atoms with Crippen LogP contribution in [-0.2, 0) is 0 Å². The van der Waals surface area contributed by atoms with Gasteiger partial charge >= 0.3 is 0 Å². The third kappa shape index (κ3) is 2.24. The minimum absolute atomic E-state index is 0.251. The summed E-state index contributed by atoms with van der Waals surface area (Å²) in [5.74, 6) is 0. The van der Waals surface area contributed by atoms with Crippen LogP contribution >= 0.6 is 11.6 Å². The number of benzene rings is 1. The molecule has 0 bridgehead atoms. The molecule has 2 aromatic rings. The smallest absolute Gasteiger partial charge is 0.292 e. The molecule has 5 heteroatoms. The molecule has 0 saturated carbocycles. The van der Waals surface area contributed by atoms with Gasteiger partial charge < -0.3 is 4.90 Å². The first kappa shape index (κ1) is 12.2. The summed E-state index contributed by atoms with van der Waals surface area (Å²) in [5, 5.41) is 4.48. The van der Waals surface area contributed by atoms with Crippen LogP contribution in [0, 0.1) is 0 Å². The van der Waals surface area contributed by atoms with Crippen LogP contribution in [0.5, 0.6) is 0 Å². The molecule has 1 aromatic carbocycles. The van der Waals surface area contributed by atoms with E-state index < -0.39 is 0 Å². The van der Waals surface area contributed by atoms with E-state index in [1.807, 2.05) is 30.3 Å². The minimum Gasteiger partial charge on any atom is -0.369 e. The van der Waals surface area contributed by atoms with Gasteiger partial charge in [0.15, 0.2) is 0 Å². The Kier molecular flexibility index (Phi) is 3.25. The molecule has 98 valence electrons. The number of hydrogen-bond donors (Lipinski definition) is 0. The van der Waals surface area contributed by atoms with Crippen molar-refractivity contribution in [3.8, 4) is 5.69 Å². The highest BCUT2D eigenvalue weighted by molar-refractivity contribution is 6.33. The minimum atomic E-state index is -0.266. The molecule has 1 fully saturated rings. The summed E-state index contributed by atoms with van der Waals surface area (Å²) in [6.45, 7) is 1.88. The average molecular weight is 276 g/mol. The molecular formula is C14H14ClN3O. The largest absolute Gasteiger partial charge is 0.369 e. The lowest BCUT2D eigenvalue weighted by atomic mass is 10.3. The van der Waals surface area contributed by atoms with Crippen molar-refractivity contribution in [2.75, 3.05) is 18.0 Å². The van der Waals surface area contributed by atoms with Crippen LogP contribution in [0.2, 0.25) is 5.02 Å². The van der Waals surface area contributed by atoms with Gasteiger partial charge in [0.1, 0.15) is 5.02 Å². The summed E-state index contributed by atoms with van der Waals surface area (Å²) < 4.78 is 1.34. The Morgan fingerprint density at radius 1 is 1.11 bits per heavy atom. The number of aromatic nitrogens is 2. The summed E-state index contributed by atoms with van der Waals surface area (Å²) in [5.41, 5.74) is 1.20. The van der Waals surface area contributed by atoms with Crippen LogP contribution in [0.25, 0.3) is 5.69 Å². The zero-order chi connectivity index (χ0) is 13.2. The van der Waals surface area contributed by atoms with Crippen molar-refractivity contribution >= 4 is 17.3 Å². The number of halogens is 1. The molecule has 19 heavy (non-hydrogen) atoms. The van der Waals surface area contributed by atoms with E-state index in [0.29, 0.717) is 0 Å². The van der Waals surface area contributed by atoms with Crippen LogP contribution < -0.4 is 10.5 Å². The molecular weight excluding hydrogens is 262 g/mol. The molecule has 0 aliphatic carbocycles. The molecule has 0 radical (unpaired) electrons. The number of rotatable bonds is 2. The van der Waals surface area contributed by atoms with Crippen molar-refractivity contribution in [2.24, 2.45) is 0 Å². The fraction of sp³-hybridized carbons (Fsp3) is 0.286. The van der Waals surface area contributed by atoms with Gasteiger partial charge in [-0.3, -0.25) is 4.79 Å². The zero-order valence-electron chi connectivity index (χ0n) is 10.4. The van der Waals surface area contributed by atoms with Crippen molar-refractivity contribution in [3.63, 3.8) is 0 Å². The Morgan fingerprint density at radius 3 is 2.47 bits per heavy atom. The molecule has 1 aliphatic rings. The van der Waals surface area contributed by atoms with Crippen LogP contribution in [0.15, 0.2) is 41.3 Å². The third-order valence-corrected chi connectivity index (χ3v) is 3.70. The van der Waals surface area contributed by atoms with Gasteiger partial charge in [-0.2, -0.15) is 9.78 Å². The molecule has 2 heterocycles. The molecule has 1 aliphatic heterocycles. The molecule has 0 atom stereocenters. The number of hydrogen-bond acceptors (Lipinski definition) is 3.